The third kappa shape index (κ3) is 2.22. The van der Waals surface area contributed by atoms with Gasteiger partial charge in [-0.15, -0.1) is 0 Å². The highest BCUT2D eigenvalue weighted by Gasteiger charge is 2.06. The van der Waals surface area contributed by atoms with E-state index in [0.29, 0.717) is 11.3 Å². The molecule has 1 heterocycles. The molecule has 6 heteroatoms. The molecule has 16 heavy (non-hydrogen) atoms. The van der Waals surface area contributed by atoms with Gasteiger partial charge in [0.1, 0.15) is 18.1 Å². The first-order valence-electron chi connectivity index (χ1n) is 4.60. The molecule has 0 radical (unpaired) electrons. The quantitative estimate of drug-likeness (QED) is 0.481. The Balaban J connectivity index is 2.20. The van der Waals surface area contributed by atoms with E-state index in [1.807, 2.05) is 0 Å². The third-order valence-corrected chi connectivity index (χ3v) is 2.06. The maximum Gasteiger partial charge on any atom is 0.123 e. The normalized spacial score (nSPS) is 11.7. The molecule has 1 aromatic carbocycles. The van der Waals surface area contributed by atoms with Gasteiger partial charge in [0, 0.05) is 5.56 Å². The van der Waals surface area contributed by atoms with E-state index in [9.17, 15) is 4.39 Å². The monoisotopic (exact) mass is 220 g/mol. The Morgan fingerprint density at radius 3 is 2.44 bits per heavy atom. The molecule has 0 amide bonds. The molecule has 0 bridgehead atoms. The fourth-order valence-corrected chi connectivity index (χ4v) is 1.28. The Hall–Kier alpha value is -2.24. The number of hydrogen-bond donors (Lipinski definition) is 1. The van der Waals surface area contributed by atoms with E-state index in [0.717, 1.165) is 0 Å². The van der Waals surface area contributed by atoms with E-state index in [4.69, 9.17) is 5.21 Å². The van der Waals surface area contributed by atoms with Gasteiger partial charge in [-0.3, -0.25) is 0 Å². The first kappa shape index (κ1) is 10.3. The van der Waals surface area contributed by atoms with Crippen LogP contribution in [0, 0.1) is 5.82 Å². The highest BCUT2D eigenvalue weighted by molar-refractivity contribution is 5.99. The van der Waals surface area contributed by atoms with Crippen LogP contribution in [0.2, 0.25) is 0 Å². The Labute approximate surface area is 90.8 Å². The van der Waals surface area contributed by atoms with Crippen molar-refractivity contribution in [2.45, 2.75) is 6.54 Å². The predicted molar refractivity (Wildman–Crippen MR) is 54.7 cm³/mol. The van der Waals surface area contributed by atoms with Crippen molar-refractivity contribution in [3.05, 3.63) is 48.0 Å². The average Bonchev–Trinajstić information content (AvgIpc) is 2.80. The maximum atomic E-state index is 12.7. The van der Waals surface area contributed by atoms with Crippen molar-refractivity contribution in [3.63, 3.8) is 0 Å². The van der Waals surface area contributed by atoms with Crippen LogP contribution in [0.15, 0.2) is 41.8 Å². The molecular weight excluding hydrogens is 211 g/mol. The molecule has 1 aromatic heterocycles. The SMILES string of the molecule is O/N=C(/Cn1nccn1)c1ccc(F)cc1. The van der Waals surface area contributed by atoms with E-state index in [1.165, 1.54) is 41.5 Å². The standard InChI is InChI=1S/C10H9FN4O/c11-9-3-1-8(2-4-9)10(14-16)7-15-12-5-6-13-15/h1-6,16H,7H2/b14-10-. The zero-order valence-corrected chi connectivity index (χ0v) is 8.29. The summed E-state index contributed by atoms with van der Waals surface area (Å²) < 4.78 is 12.7. The second-order valence-corrected chi connectivity index (χ2v) is 3.11. The van der Waals surface area contributed by atoms with Crippen LogP contribution in [0.4, 0.5) is 4.39 Å². The van der Waals surface area contributed by atoms with Crippen molar-refractivity contribution in [1.29, 1.82) is 0 Å². The van der Waals surface area contributed by atoms with Gasteiger partial charge in [-0.1, -0.05) is 17.3 Å². The lowest BCUT2D eigenvalue weighted by Gasteiger charge is -2.03. The van der Waals surface area contributed by atoms with E-state index in [1.54, 1.807) is 0 Å². The van der Waals surface area contributed by atoms with Crippen LogP contribution in [-0.4, -0.2) is 25.9 Å². The fraction of sp³-hybridized carbons (Fsp3) is 0.100. The molecule has 82 valence electrons. The van der Waals surface area contributed by atoms with Gasteiger partial charge in [-0.2, -0.15) is 15.0 Å². The van der Waals surface area contributed by atoms with Crippen LogP contribution in [0.1, 0.15) is 5.56 Å². The van der Waals surface area contributed by atoms with E-state index in [-0.39, 0.29) is 12.4 Å². The summed E-state index contributed by atoms with van der Waals surface area (Å²) in [5, 5.41) is 19.8. The minimum absolute atomic E-state index is 0.231. The second kappa shape index (κ2) is 4.52. The van der Waals surface area contributed by atoms with Crippen LogP contribution in [0.5, 0.6) is 0 Å². The van der Waals surface area contributed by atoms with Gasteiger partial charge >= 0.3 is 0 Å². The van der Waals surface area contributed by atoms with E-state index < -0.39 is 0 Å². The lowest BCUT2D eigenvalue weighted by molar-refractivity contribution is 0.316. The first-order valence-corrected chi connectivity index (χ1v) is 4.60. The number of benzene rings is 1. The summed E-state index contributed by atoms with van der Waals surface area (Å²) in [4.78, 5) is 1.37. The van der Waals surface area contributed by atoms with Crippen LogP contribution >= 0.6 is 0 Å². The summed E-state index contributed by atoms with van der Waals surface area (Å²) in [7, 11) is 0. The maximum absolute atomic E-state index is 12.7. The summed E-state index contributed by atoms with van der Waals surface area (Å²) in [5.74, 6) is -0.335. The Kier molecular flexibility index (Phi) is 2.90. The number of rotatable bonds is 3. The van der Waals surface area contributed by atoms with Gasteiger partial charge in [0.2, 0.25) is 0 Å². The lowest BCUT2D eigenvalue weighted by atomic mass is 10.1. The molecule has 0 unspecified atom stereocenters. The molecule has 0 saturated heterocycles. The van der Waals surface area contributed by atoms with Crippen LogP contribution in [-0.2, 0) is 6.54 Å². The van der Waals surface area contributed by atoms with Crippen LogP contribution < -0.4 is 0 Å². The van der Waals surface area contributed by atoms with Crippen molar-refractivity contribution < 1.29 is 9.60 Å². The Morgan fingerprint density at radius 1 is 1.25 bits per heavy atom. The molecule has 0 aliphatic rings. The first-order chi connectivity index (χ1) is 7.79. The molecule has 0 aliphatic carbocycles. The van der Waals surface area contributed by atoms with Crippen molar-refractivity contribution in [3.8, 4) is 0 Å². The summed E-state index contributed by atoms with van der Waals surface area (Å²) in [6.07, 6.45) is 3.05. The zero-order chi connectivity index (χ0) is 11.4. The molecular formula is C10H9FN4O. The minimum atomic E-state index is -0.335. The molecule has 2 rings (SSSR count). The molecule has 0 aliphatic heterocycles. The Morgan fingerprint density at radius 2 is 1.88 bits per heavy atom. The topological polar surface area (TPSA) is 63.3 Å². The molecule has 1 N–H and O–H groups in total. The number of hydrogen-bond acceptors (Lipinski definition) is 4. The van der Waals surface area contributed by atoms with Gasteiger partial charge in [0.15, 0.2) is 0 Å². The third-order valence-electron chi connectivity index (χ3n) is 2.06. The van der Waals surface area contributed by atoms with Gasteiger partial charge < -0.3 is 5.21 Å². The van der Waals surface area contributed by atoms with Gasteiger partial charge in [0.05, 0.1) is 12.4 Å². The number of oxime groups is 1. The highest BCUT2D eigenvalue weighted by atomic mass is 19.1. The second-order valence-electron chi connectivity index (χ2n) is 3.11. The van der Waals surface area contributed by atoms with Crippen LogP contribution in [0.25, 0.3) is 0 Å². The molecule has 0 spiro atoms. The number of nitrogens with zero attached hydrogens (tertiary/aromatic N) is 4. The smallest absolute Gasteiger partial charge is 0.123 e. The largest absolute Gasteiger partial charge is 0.411 e. The molecule has 0 fully saturated rings. The summed E-state index contributed by atoms with van der Waals surface area (Å²) in [6, 6.07) is 5.68. The van der Waals surface area contributed by atoms with Gasteiger partial charge in [-0.05, 0) is 12.1 Å². The summed E-state index contributed by atoms with van der Waals surface area (Å²) >= 11 is 0. The zero-order valence-electron chi connectivity index (χ0n) is 8.29. The van der Waals surface area contributed by atoms with E-state index in [2.05, 4.69) is 15.4 Å². The lowest BCUT2D eigenvalue weighted by Crippen LogP contribution is -2.14. The minimum Gasteiger partial charge on any atom is -0.411 e. The van der Waals surface area contributed by atoms with Crippen molar-refractivity contribution in [2.24, 2.45) is 5.16 Å². The molecule has 0 atom stereocenters. The molecule has 2 aromatic rings. The highest BCUT2D eigenvalue weighted by Crippen LogP contribution is 2.05. The summed E-state index contributed by atoms with van der Waals surface area (Å²) in [5.41, 5.74) is 0.998. The number of aromatic nitrogens is 3. The van der Waals surface area contributed by atoms with E-state index >= 15 is 0 Å². The van der Waals surface area contributed by atoms with Gasteiger partial charge in [0.25, 0.3) is 0 Å². The van der Waals surface area contributed by atoms with Crippen molar-refractivity contribution in [1.82, 2.24) is 15.0 Å². The van der Waals surface area contributed by atoms with Gasteiger partial charge in [-0.25, -0.2) is 4.39 Å². The molecule has 5 nitrogen and oxygen atoms in total. The molecule has 0 saturated carbocycles. The average molecular weight is 220 g/mol. The summed E-state index contributed by atoms with van der Waals surface area (Å²) in [6.45, 7) is 0.231. The van der Waals surface area contributed by atoms with Crippen molar-refractivity contribution in [2.75, 3.05) is 0 Å². The number of halogens is 1. The Bertz CT molecular complexity index is 478. The van der Waals surface area contributed by atoms with Crippen LogP contribution in [0.3, 0.4) is 0 Å². The predicted octanol–water partition coefficient (Wildman–Crippen LogP) is 1.30. The fourth-order valence-electron chi connectivity index (χ4n) is 1.28. The van der Waals surface area contributed by atoms with Crippen molar-refractivity contribution >= 4 is 5.71 Å².